The number of hydrogen-bond donors (Lipinski definition) is 1. The number of benzene rings is 1. The highest BCUT2D eigenvalue weighted by atomic mass is 16.6. The lowest BCUT2D eigenvalue weighted by Crippen LogP contribution is -2.40. The number of nitrogens with zero attached hydrogens (tertiary/aromatic N) is 1. The molecule has 0 saturated carbocycles. The summed E-state index contributed by atoms with van der Waals surface area (Å²) < 4.78 is 5.34. The van der Waals surface area contributed by atoms with E-state index in [9.17, 15) is 24.8 Å². The van der Waals surface area contributed by atoms with Gasteiger partial charge in [0.15, 0.2) is 5.78 Å². The minimum absolute atomic E-state index is 0.104. The quantitative estimate of drug-likeness (QED) is 0.517. The molecular weight excluding hydrogens is 314 g/mol. The van der Waals surface area contributed by atoms with Crippen molar-refractivity contribution in [3.63, 3.8) is 0 Å². The molecule has 0 amide bonds. The van der Waals surface area contributed by atoms with Gasteiger partial charge in [-0.15, -0.1) is 0 Å². The molecule has 2 rings (SSSR count). The predicted octanol–water partition coefficient (Wildman–Crippen LogP) is 2.43. The van der Waals surface area contributed by atoms with Gasteiger partial charge in [-0.05, 0) is 30.7 Å². The summed E-state index contributed by atoms with van der Waals surface area (Å²) >= 11 is 0. The average Bonchev–Trinajstić information content (AvgIpc) is 2.58. The topological polar surface area (TPSA) is 107 Å². The highest BCUT2D eigenvalue weighted by Gasteiger charge is 2.40. The number of rotatable bonds is 3. The molecule has 1 aliphatic carbocycles. The van der Waals surface area contributed by atoms with Crippen LogP contribution in [-0.2, 0) is 9.53 Å². The van der Waals surface area contributed by atoms with Crippen LogP contribution in [0.3, 0.4) is 0 Å². The summed E-state index contributed by atoms with van der Waals surface area (Å²) in [6.07, 6.45) is -0.400. The largest absolute Gasteiger partial charge is 0.452 e. The van der Waals surface area contributed by atoms with Crippen LogP contribution in [0.5, 0.6) is 0 Å². The Morgan fingerprint density at radius 2 is 1.92 bits per heavy atom. The maximum Gasteiger partial charge on any atom is 0.338 e. The summed E-state index contributed by atoms with van der Waals surface area (Å²) in [6, 6.07) is 4.98. The number of ether oxygens (including phenoxy) is 1. The van der Waals surface area contributed by atoms with Crippen molar-refractivity contribution in [3.8, 4) is 0 Å². The van der Waals surface area contributed by atoms with Crippen LogP contribution in [0.2, 0.25) is 0 Å². The molecule has 0 heterocycles. The van der Waals surface area contributed by atoms with E-state index < -0.39 is 28.5 Å². The molecule has 2 unspecified atom stereocenters. The fourth-order valence-electron chi connectivity index (χ4n) is 2.54. The normalized spacial score (nSPS) is 23.2. The molecule has 0 spiro atoms. The number of nitro benzene ring substituents is 1. The molecule has 7 nitrogen and oxygen atoms in total. The standard InChI is InChI=1S/C17H19NO6/c1-10-8-14(15(20)17(2,3)9-13(10)19)24-16(21)11-4-6-12(7-5-11)18(22)23/h4-8,14-15,20H,9H2,1-3H3. The van der Waals surface area contributed by atoms with Gasteiger partial charge >= 0.3 is 5.97 Å². The minimum atomic E-state index is -1.04. The molecule has 1 aromatic carbocycles. The third-order valence-electron chi connectivity index (χ3n) is 4.14. The third-order valence-corrected chi connectivity index (χ3v) is 4.14. The zero-order valence-electron chi connectivity index (χ0n) is 13.7. The van der Waals surface area contributed by atoms with Crippen molar-refractivity contribution in [3.05, 3.63) is 51.6 Å². The summed E-state index contributed by atoms with van der Waals surface area (Å²) in [5.74, 6) is -0.823. The van der Waals surface area contributed by atoms with Gasteiger partial charge in [0.1, 0.15) is 12.2 Å². The highest BCUT2D eigenvalue weighted by molar-refractivity contribution is 5.96. The van der Waals surface area contributed by atoms with Crippen molar-refractivity contribution in [2.24, 2.45) is 5.41 Å². The molecule has 0 radical (unpaired) electrons. The number of carbonyl (C=O) groups excluding carboxylic acids is 2. The fraction of sp³-hybridized carbons (Fsp3) is 0.412. The van der Waals surface area contributed by atoms with Crippen LogP contribution in [0, 0.1) is 15.5 Å². The molecule has 7 heteroatoms. The van der Waals surface area contributed by atoms with Crippen molar-refractivity contribution >= 4 is 17.4 Å². The summed E-state index contributed by atoms with van der Waals surface area (Å²) in [4.78, 5) is 34.3. The van der Waals surface area contributed by atoms with Gasteiger partial charge < -0.3 is 9.84 Å². The number of carbonyl (C=O) groups is 2. The van der Waals surface area contributed by atoms with Crippen LogP contribution in [0.25, 0.3) is 0 Å². The van der Waals surface area contributed by atoms with Crippen molar-refractivity contribution in [1.29, 1.82) is 0 Å². The van der Waals surface area contributed by atoms with E-state index in [4.69, 9.17) is 4.74 Å². The van der Waals surface area contributed by atoms with E-state index in [-0.39, 0.29) is 23.5 Å². The molecule has 0 aromatic heterocycles. The molecule has 0 saturated heterocycles. The molecule has 128 valence electrons. The summed E-state index contributed by atoms with van der Waals surface area (Å²) in [6.45, 7) is 5.08. The number of aliphatic hydroxyl groups excluding tert-OH is 1. The number of esters is 1. The first-order valence-electron chi connectivity index (χ1n) is 7.47. The Morgan fingerprint density at radius 1 is 1.33 bits per heavy atom. The molecule has 0 aliphatic heterocycles. The molecule has 1 N–H and O–H groups in total. The van der Waals surface area contributed by atoms with Crippen molar-refractivity contribution in [2.45, 2.75) is 39.4 Å². The molecule has 0 bridgehead atoms. The lowest BCUT2D eigenvalue weighted by Gasteiger charge is -2.32. The Bertz CT molecular complexity index is 704. The molecule has 1 aliphatic rings. The highest BCUT2D eigenvalue weighted by Crippen LogP contribution is 2.34. The second kappa shape index (κ2) is 6.52. The van der Waals surface area contributed by atoms with Crippen molar-refractivity contribution in [2.75, 3.05) is 0 Å². The first-order chi connectivity index (χ1) is 11.1. The first kappa shape index (κ1) is 17.8. The number of aliphatic hydroxyl groups is 1. The minimum Gasteiger partial charge on any atom is -0.452 e. The van der Waals surface area contributed by atoms with E-state index in [0.29, 0.717) is 5.57 Å². The fourth-order valence-corrected chi connectivity index (χ4v) is 2.54. The lowest BCUT2D eigenvalue weighted by molar-refractivity contribution is -0.384. The predicted molar refractivity (Wildman–Crippen MR) is 85.5 cm³/mol. The second-order valence-corrected chi connectivity index (χ2v) is 6.56. The molecule has 2 atom stereocenters. The number of Topliss-reactive ketones (excluding diaryl/α,β-unsaturated/α-hetero) is 1. The van der Waals surface area contributed by atoms with Crippen LogP contribution in [0.1, 0.15) is 37.6 Å². The van der Waals surface area contributed by atoms with Crippen LogP contribution >= 0.6 is 0 Å². The Hall–Kier alpha value is -2.54. The molecular formula is C17H19NO6. The molecule has 1 aromatic rings. The second-order valence-electron chi connectivity index (χ2n) is 6.56. The number of hydrogen-bond acceptors (Lipinski definition) is 6. The average molecular weight is 333 g/mol. The van der Waals surface area contributed by atoms with E-state index in [1.807, 2.05) is 0 Å². The van der Waals surface area contributed by atoms with Crippen LogP contribution in [0.4, 0.5) is 5.69 Å². The van der Waals surface area contributed by atoms with E-state index in [2.05, 4.69) is 0 Å². The number of nitro groups is 1. The van der Waals surface area contributed by atoms with Crippen LogP contribution < -0.4 is 0 Å². The summed E-state index contributed by atoms with van der Waals surface area (Å²) in [5.41, 5.74) is -0.317. The van der Waals surface area contributed by atoms with Crippen molar-refractivity contribution < 1.29 is 24.4 Å². The van der Waals surface area contributed by atoms with Gasteiger partial charge in [0.05, 0.1) is 10.5 Å². The lowest BCUT2D eigenvalue weighted by atomic mass is 9.80. The summed E-state index contributed by atoms with van der Waals surface area (Å²) in [7, 11) is 0. The van der Waals surface area contributed by atoms with Gasteiger partial charge in [-0.3, -0.25) is 14.9 Å². The SMILES string of the molecule is CC1=CC(OC(=O)c2ccc([N+](=O)[O-])cc2)C(O)C(C)(C)CC1=O. The van der Waals surface area contributed by atoms with Gasteiger partial charge in [0.25, 0.3) is 5.69 Å². The first-order valence-corrected chi connectivity index (χ1v) is 7.47. The van der Waals surface area contributed by atoms with Gasteiger partial charge in [0.2, 0.25) is 0 Å². The van der Waals surface area contributed by atoms with Crippen LogP contribution in [-0.4, -0.2) is 34.0 Å². The third kappa shape index (κ3) is 3.68. The molecule has 0 fully saturated rings. The maximum atomic E-state index is 12.2. The van der Waals surface area contributed by atoms with Gasteiger partial charge in [-0.25, -0.2) is 4.79 Å². The van der Waals surface area contributed by atoms with E-state index in [1.165, 1.54) is 30.3 Å². The smallest absolute Gasteiger partial charge is 0.338 e. The van der Waals surface area contributed by atoms with E-state index in [1.54, 1.807) is 20.8 Å². The Kier molecular flexibility index (Phi) is 4.84. The zero-order chi connectivity index (χ0) is 18.1. The zero-order valence-corrected chi connectivity index (χ0v) is 13.7. The number of ketones is 1. The van der Waals surface area contributed by atoms with Crippen LogP contribution in [0.15, 0.2) is 35.9 Å². The van der Waals surface area contributed by atoms with Gasteiger partial charge in [-0.1, -0.05) is 13.8 Å². The number of allylic oxidation sites excluding steroid dienone is 1. The number of non-ortho nitro benzene ring substituents is 1. The maximum absolute atomic E-state index is 12.2. The Balaban J connectivity index is 2.22. The van der Waals surface area contributed by atoms with Crippen molar-refractivity contribution in [1.82, 2.24) is 0 Å². The van der Waals surface area contributed by atoms with E-state index >= 15 is 0 Å². The Labute approximate surface area is 139 Å². The summed E-state index contributed by atoms with van der Waals surface area (Å²) in [5, 5.41) is 21.1. The monoisotopic (exact) mass is 333 g/mol. The van der Waals surface area contributed by atoms with Gasteiger partial charge in [-0.2, -0.15) is 0 Å². The van der Waals surface area contributed by atoms with Gasteiger partial charge in [0, 0.05) is 24.0 Å². The van der Waals surface area contributed by atoms with E-state index in [0.717, 1.165) is 0 Å². The Morgan fingerprint density at radius 3 is 2.46 bits per heavy atom. The molecule has 24 heavy (non-hydrogen) atoms.